The van der Waals surface area contributed by atoms with Crippen LogP contribution in [-0.2, 0) is 0 Å². The maximum atomic E-state index is 4.04. The van der Waals surface area contributed by atoms with E-state index in [4.69, 9.17) is 0 Å². The zero-order chi connectivity index (χ0) is 8.15. The summed E-state index contributed by atoms with van der Waals surface area (Å²) in [5.74, 6) is 1.50. The molecule has 60 valence electrons. The van der Waals surface area contributed by atoms with Crippen molar-refractivity contribution in [2.24, 2.45) is 11.8 Å². The Morgan fingerprint density at radius 2 is 1.80 bits per heavy atom. The predicted octanol–water partition coefficient (Wildman–Crippen LogP) is 3.63. The molecule has 0 aliphatic heterocycles. The van der Waals surface area contributed by atoms with E-state index in [0.29, 0.717) is 5.92 Å². The fourth-order valence-electron chi connectivity index (χ4n) is 1.08. The van der Waals surface area contributed by atoms with Crippen molar-refractivity contribution >= 4 is 0 Å². The van der Waals surface area contributed by atoms with Crippen molar-refractivity contribution in [3.8, 4) is 0 Å². The Morgan fingerprint density at radius 1 is 1.30 bits per heavy atom. The first-order chi connectivity index (χ1) is 4.63. The quantitative estimate of drug-likeness (QED) is 0.523. The first kappa shape index (κ1) is 9.74. The standard InChI is InChI=1S/C10H20/c1-6-8(3)10(5)9(4)7-2/h9-10H,3,6-7H2,1-2,4-5H3. The van der Waals surface area contributed by atoms with Crippen LogP contribution in [0.1, 0.15) is 40.5 Å². The van der Waals surface area contributed by atoms with Gasteiger partial charge in [-0.25, -0.2) is 0 Å². The molecule has 0 saturated heterocycles. The lowest BCUT2D eigenvalue weighted by Gasteiger charge is -2.19. The minimum absolute atomic E-state index is 0.704. The van der Waals surface area contributed by atoms with E-state index in [1.54, 1.807) is 0 Å². The average Bonchev–Trinajstić information content (AvgIpc) is 2.00. The van der Waals surface area contributed by atoms with Crippen molar-refractivity contribution in [1.29, 1.82) is 0 Å². The highest BCUT2D eigenvalue weighted by Gasteiger charge is 2.11. The lowest BCUT2D eigenvalue weighted by molar-refractivity contribution is 0.421. The van der Waals surface area contributed by atoms with E-state index in [1.165, 1.54) is 12.0 Å². The maximum Gasteiger partial charge on any atom is -0.0209 e. The van der Waals surface area contributed by atoms with Gasteiger partial charge in [-0.3, -0.25) is 0 Å². The Morgan fingerprint density at radius 3 is 2.10 bits per heavy atom. The molecule has 0 bridgehead atoms. The van der Waals surface area contributed by atoms with Crippen LogP contribution < -0.4 is 0 Å². The summed E-state index contributed by atoms with van der Waals surface area (Å²) in [6.45, 7) is 13.0. The van der Waals surface area contributed by atoms with Crippen LogP contribution in [0.2, 0.25) is 0 Å². The SMILES string of the molecule is C=C(CC)C(C)C(C)CC. The summed E-state index contributed by atoms with van der Waals surface area (Å²) in [7, 11) is 0. The van der Waals surface area contributed by atoms with E-state index in [-0.39, 0.29) is 0 Å². The smallest absolute Gasteiger partial charge is 0.0209 e. The molecule has 0 amide bonds. The number of rotatable bonds is 4. The predicted molar refractivity (Wildman–Crippen MR) is 48.1 cm³/mol. The highest BCUT2D eigenvalue weighted by Crippen LogP contribution is 2.22. The van der Waals surface area contributed by atoms with Crippen LogP contribution in [0.3, 0.4) is 0 Å². The molecule has 0 heteroatoms. The van der Waals surface area contributed by atoms with E-state index >= 15 is 0 Å². The van der Waals surface area contributed by atoms with Crippen molar-refractivity contribution in [1.82, 2.24) is 0 Å². The Balaban J connectivity index is 3.81. The van der Waals surface area contributed by atoms with E-state index in [9.17, 15) is 0 Å². The van der Waals surface area contributed by atoms with Gasteiger partial charge in [0.05, 0.1) is 0 Å². The summed E-state index contributed by atoms with van der Waals surface area (Å²) >= 11 is 0. The molecule has 0 aromatic rings. The van der Waals surface area contributed by atoms with Gasteiger partial charge in [-0.05, 0) is 18.3 Å². The highest BCUT2D eigenvalue weighted by molar-refractivity contribution is 4.99. The number of hydrogen-bond donors (Lipinski definition) is 0. The van der Waals surface area contributed by atoms with Crippen LogP contribution in [0.25, 0.3) is 0 Å². The minimum atomic E-state index is 0.704. The summed E-state index contributed by atoms with van der Waals surface area (Å²) < 4.78 is 0. The zero-order valence-electron chi connectivity index (χ0n) is 7.78. The van der Waals surface area contributed by atoms with Crippen molar-refractivity contribution in [2.45, 2.75) is 40.5 Å². The molecule has 0 spiro atoms. The van der Waals surface area contributed by atoms with Crippen LogP contribution in [0.5, 0.6) is 0 Å². The van der Waals surface area contributed by atoms with Crippen LogP contribution >= 0.6 is 0 Å². The van der Waals surface area contributed by atoms with Gasteiger partial charge in [0.1, 0.15) is 0 Å². The Bertz CT molecular complexity index is 103. The van der Waals surface area contributed by atoms with E-state index in [2.05, 4.69) is 34.3 Å². The van der Waals surface area contributed by atoms with Gasteiger partial charge in [0.15, 0.2) is 0 Å². The zero-order valence-corrected chi connectivity index (χ0v) is 7.78. The van der Waals surface area contributed by atoms with Crippen LogP contribution in [-0.4, -0.2) is 0 Å². The highest BCUT2D eigenvalue weighted by atomic mass is 14.2. The molecular formula is C10H20. The van der Waals surface area contributed by atoms with Crippen molar-refractivity contribution in [2.75, 3.05) is 0 Å². The molecule has 0 aromatic heterocycles. The molecule has 10 heavy (non-hydrogen) atoms. The third kappa shape index (κ3) is 2.55. The summed E-state index contributed by atoms with van der Waals surface area (Å²) in [5, 5.41) is 0. The lowest BCUT2D eigenvalue weighted by atomic mass is 9.87. The molecule has 0 aliphatic carbocycles. The van der Waals surface area contributed by atoms with Gasteiger partial charge in [0, 0.05) is 0 Å². The van der Waals surface area contributed by atoms with E-state index in [1.807, 2.05) is 0 Å². The molecule has 0 heterocycles. The van der Waals surface area contributed by atoms with Gasteiger partial charge in [-0.15, -0.1) is 0 Å². The normalized spacial score (nSPS) is 16.4. The van der Waals surface area contributed by atoms with Crippen molar-refractivity contribution < 1.29 is 0 Å². The Labute approximate surface area is 65.3 Å². The van der Waals surface area contributed by atoms with Gasteiger partial charge in [-0.1, -0.05) is 46.3 Å². The van der Waals surface area contributed by atoms with Crippen molar-refractivity contribution in [3.05, 3.63) is 12.2 Å². The Kier molecular flexibility index (Phi) is 4.42. The summed E-state index contributed by atoms with van der Waals surface area (Å²) in [4.78, 5) is 0. The van der Waals surface area contributed by atoms with Crippen LogP contribution in [0.15, 0.2) is 12.2 Å². The summed E-state index contributed by atoms with van der Waals surface area (Å²) in [5.41, 5.74) is 1.40. The molecule has 2 atom stereocenters. The van der Waals surface area contributed by atoms with E-state index < -0.39 is 0 Å². The van der Waals surface area contributed by atoms with Crippen LogP contribution in [0, 0.1) is 11.8 Å². The molecule has 0 radical (unpaired) electrons. The molecule has 0 aliphatic rings. The van der Waals surface area contributed by atoms with Gasteiger partial charge in [0.25, 0.3) is 0 Å². The fraction of sp³-hybridized carbons (Fsp3) is 0.800. The molecule has 0 N–H and O–H groups in total. The second-order valence-electron chi connectivity index (χ2n) is 3.19. The largest absolute Gasteiger partial charge is 0.0996 e. The van der Waals surface area contributed by atoms with Gasteiger partial charge < -0.3 is 0 Å². The first-order valence-electron chi connectivity index (χ1n) is 4.31. The van der Waals surface area contributed by atoms with Gasteiger partial charge in [0.2, 0.25) is 0 Å². The summed E-state index contributed by atoms with van der Waals surface area (Å²) in [6.07, 6.45) is 2.39. The van der Waals surface area contributed by atoms with Gasteiger partial charge in [-0.2, -0.15) is 0 Å². The van der Waals surface area contributed by atoms with Crippen LogP contribution in [0.4, 0.5) is 0 Å². The second kappa shape index (κ2) is 4.54. The monoisotopic (exact) mass is 140 g/mol. The molecule has 0 rings (SSSR count). The fourth-order valence-corrected chi connectivity index (χ4v) is 1.08. The van der Waals surface area contributed by atoms with Gasteiger partial charge >= 0.3 is 0 Å². The molecule has 0 aromatic carbocycles. The molecule has 0 nitrogen and oxygen atoms in total. The number of allylic oxidation sites excluding steroid dienone is 1. The average molecular weight is 140 g/mol. The second-order valence-corrected chi connectivity index (χ2v) is 3.19. The molecule has 0 saturated carbocycles. The third-order valence-corrected chi connectivity index (χ3v) is 2.60. The third-order valence-electron chi connectivity index (χ3n) is 2.60. The first-order valence-corrected chi connectivity index (χ1v) is 4.31. The topological polar surface area (TPSA) is 0 Å². The minimum Gasteiger partial charge on any atom is -0.0996 e. The molecule has 2 unspecified atom stereocenters. The molecular weight excluding hydrogens is 120 g/mol. The molecule has 0 fully saturated rings. The summed E-state index contributed by atoms with van der Waals surface area (Å²) in [6, 6.07) is 0. The lowest BCUT2D eigenvalue weighted by Crippen LogP contribution is -2.08. The number of hydrogen-bond acceptors (Lipinski definition) is 0. The Hall–Kier alpha value is -0.260. The maximum absolute atomic E-state index is 4.04. The van der Waals surface area contributed by atoms with Crippen molar-refractivity contribution in [3.63, 3.8) is 0 Å². The van der Waals surface area contributed by atoms with E-state index in [0.717, 1.165) is 12.3 Å².